The zero-order valence-electron chi connectivity index (χ0n) is 10.6. The number of nitrogens with two attached hydrogens (primary N) is 1. The van der Waals surface area contributed by atoms with Crippen LogP contribution in [0.3, 0.4) is 0 Å². The van der Waals surface area contributed by atoms with Crippen LogP contribution in [0.25, 0.3) is 0 Å². The first-order chi connectivity index (χ1) is 9.58. The molecule has 0 heterocycles. The van der Waals surface area contributed by atoms with Crippen molar-refractivity contribution in [2.45, 2.75) is 13.2 Å². The average molecular weight is 293 g/mol. The summed E-state index contributed by atoms with van der Waals surface area (Å²) in [5.74, 6) is 0. The van der Waals surface area contributed by atoms with Gasteiger partial charge in [0.1, 0.15) is 5.69 Å². The molecule has 0 aliphatic rings. The first-order valence-corrected chi connectivity index (χ1v) is 6.29. The van der Waals surface area contributed by atoms with E-state index in [4.69, 9.17) is 22.1 Å². The summed E-state index contributed by atoms with van der Waals surface area (Å²) in [6.45, 7) is 0.685. The Kier molecular flexibility index (Phi) is 4.55. The Hall–Kier alpha value is -2.11. The van der Waals surface area contributed by atoms with Gasteiger partial charge in [-0.2, -0.15) is 0 Å². The van der Waals surface area contributed by atoms with Gasteiger partial charge in [0.15, 0.2) is 0 Å². The molecular formula is C14H13ClN2O3. The Labute approximate surface area is 121 Å². The van der Waals surface area contributed by atoms with Crippen molar-refractivity contribution in [2.75, 3.05) is 5.73 Å². The van der Waals surface area contributed by atoms with Crippen molar-refractivity contribution in [3.05, 3.63) is 68.7 Å². The third-order valence-corrected chi connectivity index (χ3v) is 3.14. The second kappa shape index (κ2) is 6.36. The maximum atomic E-state index is 10.6. The Morgan fingerprint density at radius 1 is 1.20 bits per heavy atom. The summed E-state index contributed by atoms with van der Waals surface area (Å²) in [6, 6.07) is 12.0. The lowest BCUT2D eigenvalue weighted by Gasteiger charge is -2.07. The minimum atomic E-state index is -0.510. The van der Waals surface area contributed by atoms with E-state index in [0.29, 0.717) is 18.2 Å². The van der Waals surface area contributed by atoms with Crippen LogP contribution in [0.15, 0.2) is 42.5 Å². The molecule has 0 atom stereocenters. The van der Waals surface area contributed by atoms with E-state index >= 15 is 0 Å². The molecule has 0 amide bonds. The number of nitro benzene ring substituents is 1. The number of nitrogens with zero attached hydrogens (tertiary/aromatic N) is 1. The molecule has 0 saturated heterocycles. The highest BCUT2D eigenvalue weighted by Gasteiger charge is 2.11. The molecule has 0 radical (unpaired) electrons. The van der Waals surface area contributed by atoms with Gasteiger partial charge in [0.05, 0.1) is 18.1 Å². The molecular weight excluding hydrogens is 280 g/mol. The second-order valence-corrected chi connectivity index (χ2v) is 4.64. The van der Waals surface area contributed by atoms with Gasteiger partial charge >= 0.3 is 0 Å². The Balaban J connectivity index is 1.97. The van der Waals surface area contributed by atoms with Crippen LogP contribution < -0.4 is 5.73 Å². The zero-order chi connectivity index (χ0) is 14.5. The van der Waals surface area contributed by atoms with Crippen LogP contribution in [-0.2, 0) is 18.0 Å². The van der Waals surface area contributed by atoms with E-state index in [1.165, 1.54) is 6.07 Å². The zero-order valence-corrected chi connectivity index (χ0v) is 11.3. The predicted molar refractivity (Wildman–Crippen MR) is 77.5 cm³/mol. The van der Waals surface area contributed by atoms with E-state index in [2.05, 4.69) is 0 Å². The number of ether oxygens (including phenoxy) is 1. The maximum absolute atomic E-state index is 10.6. The molecule has 0 unspecified atom stereocenters. The number of halogens is 1. The van der Waals surface area contributed by atoms with E-state index in [0.717, 1.165) is 11.1 Å². The topological polar surface area (TPSA) is 78.4 Å². The van der Waals surface area contributed by atoms with Crippen LogP contribution in [0, 0.1) is 10.1 Å². The first-order valence-electron chi connectivity index (χ1n) is 5.92. The molecule has 104 valence electrons. The lowest BCUT2D eigenvalue weighted by Crippen LogP contribution is -1.99. The summed E-state index contributed by atoms with van der Waals surface area (Å²) in [4.78, 5) is 10.1. The van der Waals surface area contributed by atoms with E-state index in [9.17, 15) is 10.1 Å². The van der Waals surface area contributed by atoms with Crippen molar-refractivity contribution in [3.63, 3.8) is 0 Å². The average Bonchev–Trinajstić information content (AvgIpc) is 2.40. The van der Waals surface area contributed by atoms with Gasteiger partial charge in [-0.25, -0.2) is 0 Å². The normalized spacial score (nSPS) is 10.4. The van der Waals surface area contributed by atoms with Crippen molar-refractivity contribution in [3.8, 4) is 0 Å². The molecule has 6 heteroatoms. The highest BCUT2D eigenvalue weighted by molar-refractivity contribution is 6.31. The molecule has 2 rings (SSSR count). The van der Waals surface area contributed by atoms with Crippen molar-refractivity contribution >= 4 is 23.0 Å². The van der Waals surface area contributed by atoms with Crippen molar-refractivity contribution in [2.24, 2.45) is 0 Å². The van der Waals surface area contributed by atoms with Crippen molar-refractivity contribution < 1.29 is 9.66 Å². The largest absolute Gasteiger partial charge is 0.393 e. The molecule has 0 fully saturated rings. The van der Waals surface area contributed by atoms with Crippen LogP contribution in [0.5, 0.6) is 0 Å². The Morgan fingerprint density at radius 2 is 1.95 bits per heavy atom. The molecule has 2 aromatic carbocycles. The van der Waals surface area contributed by atoms with E-state index in [1.807, 2.05) is 18.2 Å². The Bertz CT molecular complexity index is 632. The van der Waals surface area contributed by atoms with Gasteiger partial charge in [-0.15, -0.1) is 0 Å². The van der Waals surface area contributed by atoms with Gasteiger partial charge < -0.3 is 10.5 Å². The number of hydrogen-bond donors (Lipinski definition) is 1. The summed E-state index contributed by atoms with van der Waals surface area (Å²) in [7, 11) is 0. The van der Waals surface area contributed by atoms with Crippen LogP contribution in [0.1, 0.15) is 11.1 Å². The van der Waals surface area contributed by atoms with Crippen LogP contribution in [-0.4, -0.2) is 4.92 Å². The monoisotopic (exact) mass is 292 g/mol. The summed E-state index contributed by atoms with van der Waals surface area (Å²) >= 11 is 6.01. The SMILES string of the molecule is Nc1cc(COCc2ccccc2Cl)ccc1[N+](=O)[O-]. The minimum absolute atomic E-state index is 0.0974. The molecule has 0 aliphatic carbocycles. The second-order valence-electron chi connectivity index (χ2n) is 4.23. The van der Waals surface area contributed by atoms with Crippen LogP contribution >= 0.6 is 11.6 Å². The molecule has 2 N–H and O–H groups in total. The van der Waals surface area contributed by atoms with Crippen molar-refractivity contribution in [1.82, 2.24) is 0 Å². The van der Waals surface area contributed by atoms with Gasteiger partial charge in [0.25, 0.3) is 5.69 Å². The molecule has 0 saturated carbocycles. The van der Waals surface area contributed by atoms with E-state index in [1.54, 1.807) is 18.2 Å². The van der Waals surface area contributed by atoms with Crippen LogP contribution in [0.4, 0.5) is 11.4 Å². The standard InChI is InChI=1S/C14H13ClN2O3/c15-12-4-2-1-3-11(12)9-20-8-10-5-6-14(17(18)19)13(16)7-10/h1-7H,8-9,16H2. The molecule has 0 aromatic heterocycles. The minimum Gasteiger partial charge on any atom is -0.393 e. The lowest BCUT2D eigenvalue weighted by molar-refractivity contribution is -0.383. The highest BCUT2D eigenvalue weighted by Crippen LogP contribution is 2.23. The van der Waals surface area contributed by atoms with E-state index < -0.39 is 4.92 Å². The van der Waals surface area contributed by atoms with Crippen LogP contribution in [0.2, 0.25) is 5.02 Å². The maximum Gasteiger partial charge on any atom is 0.292 e. The number of rotatable bonds is 5. The quantitative estimate of drug-likeness (QED) is 0.519. The third kappa shape index (κ3) is 3.46. The van der Waals surface area contributed by atoms with Gasteiger partial charge in [-0.3, -0.25) is 10.1 Å². The first kappa shape index (κ1) is 14.3. The summed E-state index contributed by atoms with van der Waals surface area (Å²) in [6.07, 6.45) is 0. The molecule has 2 aromatic rings. The summed E-state index contributed by atoms with van der Waals surface area (Å²) in [5, 5.41) is 11.3. The van der Waals surface area contributed by atoms with Gasteiger partial charge in [-0.1, -0.05) is 29.8 Å². The van der Waals surface area contributed by atoms with E-state index in [-0.39, 0.29) is 11.4 Å². The number of nitrogen functional groups attached to an aromatic ring is 1. The molecule has 0 bridgehead atoms. The smallest absolute Gasteiger partial charge is 0.292 e. The fourth-order valence-electron chi connectivity index (χ4n) is 1.75. The number of anilines is 1. The predicted octanol–water partition coefficient (Wildman–Crippen LogP) is 3.55. The third-order valence-electron chi connectivity index (χ3n) is 2.77. The van der Waals surface area contributed by atoms with Gasteiger partial charge in [0, 0.05) is 11.1 Å². The van der Waals surface area contributed by atoms with Crippen molar-refractivity contribution in [1.29, 1.82) is 0 Å². The molecule has 0 aliphatic heterocycles. The van der Waals surface area contributed by atoms with Gasteiger partial charge in [-0.05, 0) is 29.3 Å². The summed E-state index contributed by atoms with van der Waals surface area (Å²) in [5.41, 5.74) is 7.32. The Morgan fingerprint density at radius 3 is 2.60 bits per heavy atom. The molecule has 0 spiro atoms. The number of hydrogen-bond acceptors (Lipinski definition) is 4. The fraction of sp³-hybridized carbons (Fsp3) is 0.143. The van der Waals surface area contributed by atoms with Gasteiger partial charge in [0.2, 0.25) is 0 Å². The summed E-state index contributed by atoms with van der Waals surface area (Å²) < 4.78 is 5.53. The lowest BCUT2D eigenvalue weighted by atomic mass is 10.2. The number of benzene rings is 2. The molecule has 5 nitrogen and oxygen atoms in total. The number of nitro groups is 1. The molecule has 20 heavy (non-hydrogen) atoms. The highest BCUT2D eigenvalue weighted by atomic mass is 35.5. The fourth-order valence-corrected chi connectivity index (χ4v) is 1.94.